The van der Waals surface area contributed by atoms with Crippen molar-refractivity contribution in [3.63, 3.8) is 0 Å². The molecule has 0 spiro atoms. The highest BCUT2D eigenvalue weighted by Gasteiger charge is 2.11. The molecule has 1 aromatic carbocycles. The standard InChI is InChI=1S/C13H11ClN2OS/c1-8-3-4-9(2)11(5-8)18-13-10(6-17)12(14)15-7-16-13/h3-7H,1-2H3. The Morgan fingerprint density at radius 1 is 1.28 bits per heavy atom. The predicted molar refractivity (Wildman–Crippen MR) is 72.5 cm³/mol. The molecule has 0 unspecified atom stereocenters. The van der Waals surface area contributed by atoms with Gasteiger partial charge in [-0.15, -0.1) is 0 Å². The zero-order chi connectivity index (χ0) is 13.1. The minimum Gasteiger partial charge on any atom is -0.298 e. The van der Waals surface area contributed by atoms with Crippen LogP contribution >= 0.6 is 23.4 Å². The largest absolute Gasteiger partial charge is 0.298 e. The van der Waals surface area contributed by atoms with Gasteiger partial charge in [0.1, 0.15) is 16.5 Å². The number of carbonyl (C=O) groups is 1. The van der Waals surface area contributed by atoms with E-state index in [2.05, 4.69) is 16.0 Å². The highest BCUT2D eigenvalue weighted by Crippen LogP contribution is 2.32. The number of nitrogens with zero attached hydrogens (tertiary/aromatic N) is 2. The molecule has 0 aliphatic carbocycles. The van der Waals surface area contributed by atoms with Crippen LogP contribution in [0.3, 0.4) is 0 Å². The number of aryl methyl sites for hydroxylation is 2. The van der Waals surface area contributed by atoms with Crippen LogP contribution in [0.25, 0.3) is 0 Å². The third-order valence-electron chi connectivity index (χ3n) is 2.47. The van der Waals surface area contributed by atoms with Gasteiger partial charge >= 0.3 is 0 Å². The Labute approximate surface area is 115 Å². The molecule has 18 heavy (non-hydrogen) atoms. The van der Waals surface area contributed by atoms with Crippen LogP contribution in [-0.2, 0) is 0 Å². The molecule has 0 atom stereocenters. The molecule has 3 nitrogen and oxygen atoms in total. The first-order valence-electron chi connectivity index (χ1n) is 5.32. The van der Waals surface area contributed by atoms with E-state index in [1.807, 2.05) is 26.0 Å². The van der Waals surface area contributed by atoms with Gasteiger partial charge in [-0.1, -0.05) is 35.5 Å². The Bertz CT molecular complexity index is 602. The van der Waals surface area contributed by atoms with Crippen LogP contribution in [0.15, 0.2) is 34.4 Å². The lowest BCUT2D eigenvalue weighted by Crippen LogP contribution is -1.94. The number of rotatable bonds is 3. The number of aromatic nitrogens is 2. The lowest BCUT2D eigenvalue weighted by atomic mass is 10.2. The van der Waals surface area contributed by atoms with E-state index in [1.165, 1.54) is 18.1 Å². The van der Waals surface area contributed by atoms with Crippen LogP contribution in [0.5, 0.6) is 0 Å². The molecule has 0 radical (unpaired) electrons. The van der Waals surface area contributed by atoms with Gasteiger partial charge in [0.05, 0.1) is 5.56 Å². The minimum absolute atomic E-state index is 0.188. The average Bonchev–Trinajstić information content (AvgIpc) is 2.34. The molecule has 0 N–H and O–H groups in total. The molecule has 5 heteroatoms. The van der Waals surface area contributed by atoms with E-state index in [0.29, 0.717) is 16.9 Å². The van der Waals surface area contributed by atoms with E-state index < -0.39 is 0 Å². The van der Waals surface area contributed by atoms with Crippen molar-refractivity contribution in [2.75, 3.05) is 0 Å². The quantitative estimate of drug-likeness (QED) is 0.634. The van der Waals surface area contributed by atoms with Gasteiger partial charge in [0.2, 0.25) is 0 Å². The van der Waals surface area contributed by atoms with E-state index in [-0.39, 0.29) is 5.15 Å². The van der Waals surface area contributed by atoms with E-state index in [0.717, 1.165) is 16.0 Å². The summed E-state index contributed by atoms with van der Waals surface area (Å²) >= 11 is 7.30. The van der Waals surface area contributed by atoms with E-state index >= 15 is 0 Å². The lowest BCUT2D eigenvalue weighted by Gasteiger charge is -2.07. The first-order chi connectivity index (χ1) is 8.61. The van der Waals surface area contributed by atoms with Crippen LogP contribution < -0.4 is 0 Å². The predicted octanol–water partition coefficient (Wildman–Crippen LogP) is 3.71. The summed E-state index contributed by atoms with van der Waals surface area (Å²) < 4.78 is 0. The molecule has 2 aromatic rings. The van der Waals surface area contributed by atoms with Crippen LogP contribution in [0, 0.1) is 13.8 Å². The Morgan fingerprint density at radius 2 is 2.06 bits per heavy atom. The second-order valence-electron chi connectivity index (χ2n) is 3.87. The molecule has 0 aliphatic heterocycles. The van der Waals surface area contributed by atoms with Gasteiger partial charge in [-0.25, -0.2) is 9.97 Å². The van der Waals surface area contributed by atoms with E-state index in [9.17, 15) is 4.79 Å². The van der Waals surface area contributed by atoms with Crippen molar-refractivity contribution in [1.29, 1.82) is 0 Å². The third-order valence-corrected chi connectivity index (χ3v) is 3.95. The number of aldehydes is 1. The van der Waals surface area contributed by atoms with Gasteiger partial charge < -0.3 is 0 Å². The highest BCUT2D eigenvalue weighted by atomic mass is 35.5. The van der Waals surface area contributed by atoms with Crippen molar-refractivity contribution in [3.05, 3.63) is 46.4 Å². The molecular weight excluding hydrogens is 268 g/mol. The van der Waals surface area contributed by atoms with Gasteiger partial charge in [0.25, 0.3) is 0 Å². The first kappa shape index (κ1) is 13.1. The Morgan fingerprint density at radius 3 is 2.78 bits per heavy atom. The molecule has 0 bridgehead atoms. The summed E-state index contributed by atoms with van der Waals surface area (Å²) in [5.74, 6) is 0. The Kier molecular flexibility index (Phi) is 3.99. The normalized spacial score (nSPS) is 10.4. The number of hydrogen-bond acceptors (Lipinski definition) is 4. The fourth-order valence-corrected chi connectivity index (χ4v) is 2.73. The van der Waals surface area contributed by atoms with Crippen LogP contribution in [-0.4, -0.2) is 16.3 Å². The zero-order valence-corrected chi connectivity index (χ0v) is 11.5. The maximum Gasteiger partial charge on any atom is 0.155 e. The summed E-state index contributed by atoms with van der Waals surface area (Å²) in [5.41, 5.74) is 2.64. The molecule has 0 amide bonds. The van der Waals surface area contributed by atoms with E-state index in [1.54, 1.807) is 0 Å². The van der Waals surface area contributed by atoms with Crippen LogP contribution in [0.2, 0.25) is 5.15 Å². The summed E-state index contributed by atoms with van der Waals surface area (Å²) in [4.78, 5) is 20.0. The van der Waals surface area contributed by atoms with Gasteiger partial charge in [-0.3, -0.25) is 4.79 Å². The summed E-state index contributed by atoms with van der Waals surface area (Å²) in [6.07, 6.45) is 2.05. The minimum atomic E-state index is 0.188. The van der Waals surface area contributed by atoms with Crippen LogP contribution in [0.1, 0.15) is 21.5 Å². The molecule has 0 fully saturated rings. The molecular formula is C13H11ClN2OS. The maximum absolute atomic E-state index is 11.0. The zero-order valence-electron chi connectivity index (χ0n) is 9.98. The SMILES string of the molecule is Cc1ccc(C)c(Sc2ncnc(Cl)c2C=O)c1. The van der Waals surface area contributed by atoms with Crippen molar-refractivity contribution in [2.45, 2.75) is 23.8 Å². The second-order valence-corrected chi connectivity index (χ2v) is 5.26. The maximum atomic E-state index is 11.0. The smallest absolute Gasteiger partial charge is 0.155 e. The van der Waals surface area contributed by atoms with Gasteiger partial charge in [0, 0.05) is 4.90 Å². The topological polar surface area (TPSA) is 42.9 Å². The lowest BCUT2D eigenvalue weighted by molar-refractivity contribution is 0.112. The van der Waals surface area contributed by atoms with Crippen molar-refractivity contribution in [1.82, 2.24) is 9.97 Å². The summed E-state index contributed by atoms with van der Waals surface area (Å²) in [7, 11) is 0. The molecule has 1 aromatic heterocycles. The van der Waals surface area contributed by atoms with E-state index in [4.69, 9.17) is 11.6 Å². The monoisotopic (exact) mass is 278 g/mol. The van der Waals surface area contributed by atoms with Crippen molar-refractivity contribution in [2.24, 2.45) is 0 Å². The van der Waals surface area contributed by atoms with Gasteiger partial charge in [0.15, 0.2) is 6.29 Å². The highest BCUT2D eigenvalue weighted by molar-refractivity contribution is 7.99. The fourth-order valence-electron chi connectivity index (χ4n) is 1.46. The Balaban J connectivity index is 2.43. The van der Waals surface area contributed by atoms with Crippen LogP contribution in [0.4, 0.5) is 0 Å². The first-order valence-corrected chi connectivity index (χ1v) is 6.52. The van der Waals surface area contributed by atoms with Crippen molar-refractivity contribution < 1.29 is 4.79 Å². The summed E-state index contributed by atoms with van der Waals surface area (Å²) in [6, 6.07) is 6.15. The second kappa shape index (κ2) is 5.50. The molecule has 92 valence electrons. The van der Waals surface area contributed by atoms with Crippen molar-refractivity contribution >= 4 is 29.6 Å². The van der Waals surface area contributed by atoms with Gasteiger partial charge in [-0.2, -0.15) is 0 Å². The molecule has 2 rings (SSSR count). The molecule has 0 saturated heterocycles. The average molecular weight is 279 g/mol. The van der Waals surface area contributed by atoms with Crippen molar-refractivity contribution in [3.8, 4) is 0 Å². The number of halogens is 1. The number of benzene rings is 1. The number of hydrogen-bond donors (Lipinski definition) is 0. The molecule has 1 heterocycles. The number of carbonyl (C=O) groups excluding carboxylic acids is 1. The summed E-state index contributed by atoms with van der Waals surface area (Å²) in [6.45, 7) is 4.04. The molecule has 0 aliphatic rings. The molecule has 0 saturated carbocycles. The van der Waals surface area contributed by atoms with Gasteiger partial charge in [-0.05, 0) is 31.0 Å². The summed E-state index contributed by atoms with van der Waals surface area (Å²) in [5, 5.41) is 0.770. The Hall–Kier alpha value is -1.39. The fraction of sp³-hybridized carbons (Fsp3) is 0.154. The third kappa shape index (κ3) is 2.71.